The van der Waals surface area contributed by atoms with E-state index in [1.165, 1.54) is 18.3 Å². The van der Waals surface area contributed by atoms with E-state index in [-0.39, 0.29) is 17.3 Å². The number of benzene rings is 2. The van der Waals surface area contributed by atoms with E-state index in [1.807, 2.05) is 42.5 Å². The lowest BCUT2D eigenvalue weighted by Gasteiger charge is -2.08. The third-order valence-corrected chi connectivity index (χ3v) is 3.78. The number of carbonyl (C=O) groups excluding carboxylic acids is 2. The van der Waals surface area contributed by atoms with Crippen molar-refractivity contribution in [2.75, 3.05) is 11.9 Å². The van der Waals surface area contributed by atoms with Crippen LogP contribution in [-0.2, 0) is 9.53 Å². The molecule has 0 spiro atoms. The molecule has 1 N–H and O–H groups in total. The molecular weight excluding hydrogens is 352 g/mol. The first kappa shape index (κ1) is 17.6. The molecule has 0 saturated carbocycles. The molecule has 0 bridgehead atoms. The Labute approximate surface area is 155 Å². The summed E-state index contributed by atoms with van der Waals surface area (Å²) in [7, 11) is 0. The van der Waals surface area contributed by atoms with Gasteiger partial charge in [-0.25, -0.2) is 9.78 Å². The number of carbonyl (C=O) groups is 2. The highest BCUT2D eigenvalue weighted by molar-refractivity contribution is 6.29. The van der Waals surface area contributed by atoms with Gasteiger partial charge >= 0.3 is 5.97 Å². The maximum Gasteiger partial charge on any atom is 0.338 e. The Morgan fingerprint density at radius 2 is 1.65 bits per heavy atom. The summed E-state index contributed by atoms with van der Waals surface area (Å²) in [5.74, 6) is -1.06. The summed E-state index contributed by atoms with van der Waals surface area (Å²) >= 11 is 5.72. The monoisotopic (exact) mass is 366 g/mol. The van der Waals surface area contributed by atoms with Gasteiger partial charge in [0.2, 0.25) is 0 Å². The summed E-state index contributed by atoms with van der Waals surface area (Å²) in [6.45, 7) is -0.390. The van der Waals surface area contributed by atoms with Crippen LogP contribution in [0.5, 0.6) is 0 Å². The second-order valence-electron chi connectivity index (χ2n) is 5.43. The summed E-state index contributed by atoms with van der Waals surface area (Å²) in [5.41, 5.74) is 3.00. The third-order valence-electron chi connectivity index (χ3n) is 3.57. The molecule has 0 aliphatic carbocycles. The Bertz CT molecular complexity index is 912. The fraction of sp³-hybridized carbons (Fsp3) is 0.0500. The zero-order valence-corrected chi connectivity index (χ0v) is 14.4. The number of halogens is 1. The number of anilines is 1. The van der Waals surface area contributed by atoms with Gasteiger partial charge in [0.25, 0.3) is 5.91 Å². The number of hydrogen-bond donors (Lipinski definition) is 1. The van der Waals surface area contributed by atoms with Crippen molar-refractivity contribution in [1.82, 2.24) is 4.98 Å². The highest BCUT2D eigenvalue weighted by Crippen LogP contribution is 2.21. The molecule has 0 atom stereocenters. The van der Waals surface area contributed by atoms with E-state index >= 15 is 0 Å². The number of amides is 1. The van der Waals surface area contributed by atoms with E-state index < -0.39 is 11.9 Å². The van der Waals surface area contributed by atoms with Crippen LogP contribution in [0.15, 0.2) is 72.9 Å². The largest absolute Gasteiger partial charge is 0.452 e. The molecule has 130 valence electrons. The maximum absolute atomic E-state index is 11.9. The Balaban J connectivity index is 1.54. The number of pyridine rings is 1. The van der Waals surface area contributed by atoms with Crippen molar-refractivity contribution in [3.63, 3.8) is 0 Å². The number of aromatic nitrogens is 1. The molecule has 0 aliphatic heterocycles. The average Bonchev–Trinajstić information content (AvgIpc) is 2.67. The van der Waals surface area contributed by atoms with Crippen molar-refractivity contribution in [3.05, 3.63) is 83.6 Å². The van der Waals surface area contributed by atoms with E-state index in [0.717, 1.165) is 11.1 Å². The van der Waals surface area contributed by atoms with E-state index in [9.17, 15) is 9.59 Å². The molecule has 26 heavy (non-hydrogen) atoms. The minimum absolute atomic E-state index is 0.183. The van der Waals surface area contributed by atoms with Gasteiger partial charge in [-0.2, -0.15) is 0 Å². The van der Waals surface area contributed by atoms with Crippen molar-refractivity contribution in [2.45, 2.75) is 0 Å². The highest BCUT2D eigenvalue weighted by atomic mass is 35.5. The molecule has 1 heterocycles. The number of rotatable bonds is 5. The summed E-state index contributed by atoms with van der Waals surface area (Å²) in [5, 5.41) is 2.87. The van der Waals surface area contributed by atoms with Gasteiger partial charge in [-0.3, -0.25) is 4.79 Å². The number of esters is 1. The first-order chi connectivity index (χ1) is 12.6. The average molecular weight is 367 g/mol. The molecule has 6 heteroatoms. The smallest absolute Gasteiger partial charge is 0.338 e. The van der Waals surface area contributed by atoms with Gasteiger partial charge in [-0.05, 0) is 35.4 Å². The lowest BCUT2D eigenvalue weighted by molar-refractivity contribution is -0.119. The second kappa shape index (κ2) is 8.27. The molecule has 0 saturated heterocycles. The van der Waals surface area contributed by atoms with Gasteiger partial charge in [0.1, 0.15) is 5.15 Å². The summed E-state index contributed by atoms with van der Waals surface area (Å²) in [6.07, 6.45) is 1.40. The first-order valence-electron chi connectivity index (χ1n) is 7.86. The molecule has 2 aromatic carbocycles. The Morgan fingerprint density at radius 1 is 0.962 bits per heavy atom. The zero-order valence-electron chi connectivity index (χ0n) is 13.7. The predicted molar refractivity (Wildman–Crippen MR) is 100 cm³/mol. The normalized spacial score (nSPS) is 10.2. The van der Waals surface area contributed by atoms with Gasteiger partial charge in [-0.1, -0.05) is 54.1 Å². The molecule has 1 aromatic heterocycles. The zero-order chi connectivity index (χ0) is 18.4. The predicted octanol–water partition coefficient (Wildman–Crippen LogP) is 4.20. The standard InChI is InChI=1S/C20H15ClN2O3/c21-18-12-16(10-11-22-18)20(25)26-13-19(24)23-17-8-6-15(7-9-17)14-4-2-1-3-5-14/h1-12H,13H2,(H,23,24). The van der Waals surface area contributed by atoms with Crippen molar-refractivity contribution in [2.24, 2.45) is 0 Å². The molecule has 0 radical (unpaired) electrons. The molecule has 1 amide bonds. The van der Waals surface area contributed by atoms with E-state index in [0.29, 0.717) is 5.69 Å². The van der Waals surface area contributed by atoms with E-state index in [4.69, 9.17) is 16.3 Å². The first-order valence-corrected chi connectivity index (χ1v) is 8.23. The van der Waals surface area contributed by atoms with Crippen LogP contribution in [0.3, 0.4) is 0 Å². The van der Waals surface area contributed by atoms with Gasteiger partial charge in [0.15, 0.2) is 6.61 Å². The van der Waals surface area contributed by atoms with Gasteiger partial charge in [-0.15, -0.1) is 0 Å². The molecule has 0 fully saturated rings. The van der Waals surface area contributed by atoms with Gasteiger partial charge in [0.05, 0.1) is 5.56 Å². The quantitative estimate of drug-likeness (QED) is 0.543. The van der Waals surface area contributed by atoms with Crippen molar-refractivity contribution < 1.29 is 14.3 Å². The molecule has 0 unspecified atom stereocenters. The Kier molecular flexibility index (Phi) is 5.61. The van der Waals surface area contributed by atoms with Crippen LogP contribution < -0.4 is 5.32 Å². The van der Waals surface area contributed by atoms with Crippen molar-refractivity contribution in [3.8, 4) is 11.1 Å². The SMILES string of the molecule is O=C(COC(=O)c1ccnc(Cl)c1)Nc1ccc(-c2ccccc2)cc1. The number of nitrogens with zero attached hydrogens (tertiary/aromatic N) is 1. The van der Waals surface area contributed by atoms with Crippen LogP contribution in [-0.4, -0.2) is 23.5 Å². The summed E-state index contributed by atoms with van der Waals surface area (Å²) < 4.78 is 4.97. The molecular formula is C20H15ClN2O3. The van der Waals surface area contributed by atoms with Crippen LogP contribution in [0.2, 0.25) is 5.15 Å². The van der Waals surface area contributed by atoms with Crippen LogP contribution in [0.4, 0.5) is 5.69 Å². The lowest BCUT2D eigenvalue weighted by Crippen LogP contribution is -2.20. The number of hydrogen-bond acceptors (Lipinski definition) is 4. The highest BCUT2D eigenvalue weighted by Gasteiger charge is 2.11. The second-order valence-corrected chi connectivity index (χ2v) is 5.82. The minimum atomic E-state index is -0.635. The summed E-state index contributed by atoms with van der Waals surface area (Å²) in [4.78, 5) is 27.6. The number of nitrogens with one attached hydrogen (secondary N) is 1. The molecule has 3 aromatic rings. The van der Waals surface area contributed by atoms with Crippen LogP contribution in [0, 0.1) is 0 Å². The lowest BCUT2D eigenvalue weighted by atomic mass is 10.1. The fourth-order valence-electron chi connectivity index (χ4n) is 2.32. The van der Waals surface area contributed by atoms with Crippen molar-refractivity contribution in [1.29, 1.82) is 0 Å². The molecule has 5 nitrogen and oxygen atoms in total. The Hall–Kier alpha value is -3.18. The summed E-state index contributed by atoms with van der Waals surface area (Å²) in [6, 6.07) is 20.2. The van der Waals surface area contributed by atoms with E-state index in [1.54, 1.807) is 12.1 Å². The topological polar surface area (TPSA) is 68.3 Å². The van der Waals surface area contributed by atoms with Crippen LogP contribution >= 0.6 is 11.6 Å². The maximum atomic E-state index is 11.9. The molecule has 3 rings (SSSR count). The molecule has 0 aliphatic rings. The van der Waals surface area contributed by atoms with E-state index in [2.05, 4.69) is 10.3 Å². The minimum Gasteiger partial charge on any atom is -0.452 e. The van der Waals surface area contributed by atoms with Crippen LogP contribution in [0.1, 0.15) is 10.4 Å². The third kappa shape index (κ3) is 4.68. The Morgan fingerprint density at radius 3 is 2.35 bits per heavy atom. The van der Waals surface area contributed by atoms with Gasteiger partial charge < -0.3 is 10.1 Å². The van der Waals surface area contributed by atoms with Crippen LogP contribution in [0.25, 0.3) is 11.1 Å². The van der Waals surface area contributed by atoms with Crippen molar-refractivity contribution >= 4 is 29.2 Å². The number of ether oxygens (including phenoxy) is 1. The fourth-order valence-corrected chi connectivity index (χ4v) is 2.49. The van der Waals surface area contributed by atoms with Gasteiger partial charge in [0, 0.05) is 11.9 Å².